The largest absolute Gasteiger partial charge is 0.370 e. The fourth-order valence-electron chi connectivity index (χ4n) is 3.09. The van der Waals surface area contributed by atoms with Crippen LogP contribution in [-0.4, -0.2) is 32.9 Å². The zero-order chi connectivity index (χ0) is 16.2. The summed E-state index contributed by atoms with van der Waals surface area (Å²) in [5.74, 6) is 1.36. The molecule has 122 valence electrons. The molecule has 1 fully saturated rings. The third-order valence-corrected chi connectivity index (χ3v) is 4.07. The standard InChI is InChI=1S/C17H22FN5/c1-3-19-17-9-15(21-12(2)22-17)16-5-4-8-23(16)11-14-7-6-13(18)10-20-14/h6-7,9-10,16H,3-5,8,11H2,1-2H3,(H,19,21,22)/t16-/m0/s1. The number of nitrogens with zero attached hydrogens (tertiary/aromatic N) is 4. The number of likely N-dealkylation sites (tertiary alicyclic amines) is 1. The zero-order valence-electron chi connectivity index (χ0n) is 13.6. The maximum atomic E-state index is 13.0. The molecule has 0 spiro atoms. The van der Waals surface area contributed by atoms with Crippen molar-refractivity contribution in [1.82, 2.24) is 19.9 Å². The molecule has 2 aromatic heterocycles. The lowest BCUT2D eigenvalue weighted by Gasteiger charge is -2.24. The first-order valence-electron chi connectivity index (χ1n) is 8.09. The minimum Gasteiger partial charge on any atom is -0.370 e. The average Bonchev–Trinajstić information content (AvgIpc) is 2.97. The Morgan fingerprint density at radius 1 is 1.35 bits per heavy atom. The van der Waals surface area contributed by atoms with Crippen molar-refractivity contribution in [1.29, 1.82) is 0 Å². The number of hydrogen-bond donors (Lipinski definition) is 1. The Hall–Kier alpha value is -2.08. The molecule has 3 rings (SSSR count). The predicted octanol–water partition coefficient (Wildman–Crippen LogP) is 3.09. The second-order valence-corrected chi connectivity index (χ2v) is 5.85. The van der Waals surface area contributed by atoms with E-state index in [0.717, 1.165) is 49.0 Å². The van der Waals surface area contributed by atoms with E-state index in [1.54, 1.807) is 6.07 Å². The van der Waals surface area contributed by atoms with Gasteiger partial charge in [0.15, 0.2) is 0 Å². The molecule has 0 saturated carbocycles. The van der Waals surface area contributed by atoms with Gasteiger partial charge < -0.3 is 5.32 Å². The highest BCUT2D eigenvalue weighted by Gasteiger charge is 2.28. The quantitative estimate of drug-likeness (QED) is 0.919. The normalized spacial score (nSPS) is 18.3. The minimum atomic E-state index is -0.298. The summed E-state index contributed by atoms with van der Waals surface area (Å²) in [4.78, 5) is 15.6. The molecule has 1 aliphatic heterocycles. The van der Waals surface area contributed by atoms with Gasteiger partial charge >= 0.3 is 0 Å². The summed E-state index contributed by atoms with van der Waals surface area (Å²) >= 11 is 0. The summed E-state index contributed by atoms with van der Waals surface area (Å²) < 4.78 is 13.0. The molecule has 0 bridgehead atoms. The molecule has 1 aliphatic rings. The van der Waals surface area contributed by atoms with Crippen molar-refractivity contribution in [2.75, 3.05) is 18.4 Å². The number of anilines is 1. The molecule has 0 unspecified atom stereocenters. The molecule has 1 atom stereocenters. The lowest BCUT2D eigenvalue weighted by molar-refractivity contribution is 0.241. The third-order valence-electron chi connectivity index (χ3n) is 4.07. The van der Waals surface area contributed by atoms with Crippen molar-refractivity contribution in [3.8, 4) is 0 Å². The SMILES string of the molecule is CCNc1cc([C@@H]2CCCN2Cc2ccc(F)cn2)nc(C)n1. The summed E-state index contributed by atoms with van der Waals surface area (Å²) in [6.45, 7) is 6.53. The van der Waals surface area contributed by atoms with Gasteiger partial charge in [-0.1, -0.05) is 0 Å². The van der Waals surface area contributed by atoms with Crippen LogP contribution in [0.3, 0.4) is 0 Å². The Balaban J connectivity index is 1.79. The van der Waals surface area contributed by atoms with E-state index in [2.05, 4.69) is 32.1 Å². The first-order valence-corrected chi connectivity index (χ1v) is 8.09. The second-order valence-electron chi connectivity index (χ2n) is 5.85. The summed E-state index contributed by atoms with van der Waals surface area (Å²) in [6.07, 6.45) is 3.48. The van der Waals surface area contributed by atoms with Gasteiger partial charge in [-0.25, -0.2) is 14.4 Å². The van der Waals surface area contributed by atoms with Crippen molar-refractivity contribution < 1.29 is 4.39 Å². The molecule has 0 aliphatic carbocycles. The van der Waals surface area contributed by atoms with Gasteiger partial charge in [0.05, 0.1) is 23.6 Å². The van der Waals surface area contributed by atoms with Crippen molar-refractivity contribution in [2.45, 2.75) is 39.3 Å². The van der Waals surface area contributed by atoms with Crippen molar-refractivity contribution in [3.05, 3.63) is 47.4 Å². The number of hydrogen-bond acceptors (Lipinski definition) is 5. The Labute approximate surface area is 136 Å². The van der Waals surface area contributed by atoms with Gasteiger partial charge in [0.2, 0.25) is 0 Å². The second kappa shape index (κ2) is 7.00. The highest BCUT2D eigenvalue weighted by atomic mass is 19.1. The number of pyridine rings is 1. The van der Waals surface area contributed by atoms with Crippen LogP contribution in [0.1, 0.15) is 43.0 Å². The summed E-state index contributed by atoms with van der Waals surface area (Å²) in [5.41, 5.74) is 1.93. The molecule has 0 amide bonds. The predicted molar refractivity (Wildman–Crippen MR) is 87.5 cm³/mol. The van der Waals surface area contributed by atoms with Crippen LogP contribution in [0.15, 0.2) is 24.4 Å². The van der Waals surface area contributed by atoms with E-state index in [0.29, 0.717) is 6.54 Å². The smallest absolute Gasteiger partial charge is 0.141 e. The van der Waals surface area contributed by atoms with Crippen LogP contribution >= 0.6 is 0 Å². The maximum Gasteiger partial charge on any atom is 0.141 e. The zero-order valence-corrected chi connectivity index (χ0v) is 13.6. The van der Waals surface area contributed by atoms with Crippen LogP contribution in [0, 0.1) is 12.7 Å². The molecule has 3 heterocycles. The van der Waals surface area contributed by atoms with Crippen molar-refractivity contribution in [3.63, 3.8) is 0 Å². The summed E-state index contributed by atoms with van der Waals surface area (Å²) in [5, 5.41) is 3.26. The van der Waals surface area contributed by atoms with E-state index >= 15 is 0 Å². The van der Waals surface area contributed by atoms with Crippen LogP contribution in [0.2, 0.25) is 0 Å². The molecule has 6 heteroatoms. The first-order chi connectivity index (χ1) is 11.2. The van der Waals surface area contributed by atoms with Gasteiger partial charge in [-0.15, -0.1) is 0 Å². The number of aromatic nitrogens is 3. The van der Waals surface area contributed by atoms with E-state index in [-0.39, 0.29) is 11.9 Å². The Morgan fingerprint density at radius 2 is 2.22 bits per heavy atom. The van der Waals surface area contributed by atoms with Crippen LogP contribution in [-0.2, 0) is 6.54 Å². The monoisotopic (exact) mass is 315 g/mol. The molecule has 1 N–H and O–H groups in total. The van der Waals surface area contributed by atoms with Gasteiger partial charge in [0, 0.05) is 19.2 Å². The van der Waals surface area contributed by atoms with E-state index in [1.807, 2.05) is 13.0 Å². The number of halogens is 1. The highest BCUT2D eigenvalue weighted by Crippen LogP contribution is 2.32. The van der Waals surface area contributed by atoms with Crippen molar-refractivity contribution >= 4 is 5.82 Å². The molecule has 23 heavy (non-hydrogen) atoms. The van der Waals surface area contributed by atoms with Gasteiger partial charge in [0.25, 0.3) is 0 Å². The Kier molecular flexibility index (Phi) is 4.81. The van der Waals surface area contributed by atoms with E-state index < -0.39 is 0 Å². The molecule has 0 radical (unpaired) electrons. The summed E-state index contributed by atoms with van der Waals surface area (Å²) in [6, 6.07) is 5.52. The van der Waals surface area contributed by atoms with Gasteiger partial charge in [0.1, 0.15) is 17.5 Å². The van der Waals surface area contributed by atoms with Crippen molar-refractivity contribution in [2.24, 2.45) is 0 Å². The number of rotatable bonds is 5. The molecule has 2 aromatic rings. The van der Waals surface area contributed by atoms with Crippen LogP contribution < -0.4 is 5.32 Å². The Morgan fingerprint density at radius 3 is 2.96 bits per heavy atom. The molecule has 1 saturated heterocycles. The van der Waals surface area contributed by atoms with E-state index in [1.165, 1.54) is 12.3 Å². The molecule has 5 nitrogen and oxygen atoms in total. The third kappa shape index (κ3) is 3.82. The fraction of sp³-hybridized carbons (Fsp3) is 0.471. The maximum absolute atomic E-state index is 13.0. The molecule has 0 aromatic carbocycles. The van der Waals surface area contributed by atoms with E-state index in [4.69, 9.17) is 0 Å². The topological polar surface area (TPSA) is 53.9 Å². The van der Waals surface area contributed by atoms with E-state index in [9.17, 15) is 4.39 Å². The Bertz CT molecular complexity index is 659. The summed E-state index contributed by atoms with van der Waals surface area (Å²) in [7, 11) is 0. The van der Waals surface area contributed by atoms with Crippen LogP contribution in [0.25, 0.3) is 0 Å². The number of nitrogens with one attached hydrogen (secondary N) is 1. The van der Waals surface area contributed by atoms with Gasteiger partial charge in [-0.2, -0.15) is 0 Å². The van der Waals surface area contributed by atoms with Crippen LogP contribution in [0.4, 0.5) is 10.2 Å². The van der Waals surface area contributed by atoms with Gasteiger partial charge in [-0.05, 0) is 45.4 Å². The van der Waals surface area contributed by atoms with Crippen LogP contribution in [0.5, 0.6) is 0 Å². The lowest BCUT2D eigenvalue weighted by atomic mass is 10.1. The fourth-order valence-corrected chi connectivity index (χ4v) is 3.09. The average molecular weight is 315 g/mol. The lowest BCUT2D eigenvalue weighted by Crippen LogP contribution is -2.24. The minimum absolute atomic E-state index is 0.265. The van der Waals surface area contributed by atoms with Gasteiger partial charge in [-0.3, -0.25) is 9.88 Å². The highest BCUT2D eigenvalue weighted by molar-refractivity contribution is 5.37. The molecular formula is C17H22FN5. The molecular weight excluding hydrogens is 293 g/mol. The number of aryl methyl sites for hydroxylation is 1. The first kappa shape index (κ1) is 15.8.